The zero-order valence-electron chi connectivity index (χ0n) is 10.6. The second kappa shape index (κ2) is 4.98. The van der Waals surface area contributed by atoms with Crippen LogP contribution < -0.4 is 9.88 Å². The van der Waals surface area contributed by atoms with Crippen LogP contribution in [0, 0.1) is 6.92 Å². The van der Waals surface area contributed by atoms with Crippen molar-refractivity contribution in [1.29, 1.82) is 0 Å². The summed E-state index contributed by atoms with van der Waals surface area (Å²) >= 11 is 0. The predicted octanol–water partition coefficient (Wildman–Crippen LogP) is 0.350. The Bertz CT molecular complexity index is 694. The molecule has 0 unspecified atom stereocenters. The average molecular weight is 282 g/mol. The molecule has 0 fully saturated rings. The Morgan fingerprint density at radius 3 is 2.68 bits per heavy atom. The number of hydrogen-bond acceptors (Lipinski definition) is 5. The van der Waals surface area contributed by atoms with Gasteiger partial charge in [0.2, 0.25) is 10.0 Å². The van der Waals surface area contributed by atoms with Gasteiger partial charge in [-0.3, -0.25) is 0 Å². The van der Waals surface area contributed by atoms with E-state index in [1.165, 1.54) is 12.1 Å². The van der Waals surface area contributed by atoms with Gasteiger partial charge in [0.25, 0.3) is 0 Å². The molecule has 0 spiro atoms. The third-order valence-electron chi connectivity index (χ3n) is 2.64. The molecule has 19 heavy (non-hydrogen) atoms. The summed E-state index contributed by atoms with van der Waals surface area (Å²) in [5.41, 5.74) is 0.689. The SMILES string of the molecule is Cc1cc(S(N)(=O)=O)ccc1OCc1nncn1C. The minimum absolute atomic E-state index is 0.0657. The van der Waals surface area contributed by atoms with Crippen LogP contribution in [0.4, 0.5) is 0 Å². The molecular formula is C11H14N4O3S. The van der Waals surface area contributed by atoms with Crippen LogP contribution in [-0.4, -0.2) is 23.2 Å². The number of nitrogens with zero attached hydrogens (tertiary/aromatic N) is 3. The lowest BCUT2D eigenvalue weighted by molar-refractivity contribution is 0.289. The van der Waals surface area contributed by atoms with E-state index in [1.54, 1.807) is 23.9 Å². The fourth-order valence-electron chi connectivity index (χ4n) is 1.54. The van der Waals surface area contributed by atoms with Crippen molar-refractivity contribution in [2.24, 2.45) is 12.2 Å². The first-order valence-corrected chi connectivity index (χ1v) is 7.01. The van der Waals surface area contributed by atoms with Crippen LogP contribution in [-0.2, 0) is 23.7 Å². The van der Waals surface area contributed by atoms with Gasteiger partial charge >= 0.3 is 0 Å². The zero-order chi connectivity index (χ0) is 14.0. The first-order valence-electron chi connectivity index (χ1n) is 5.47. The highest BCUT2D eigenvalue weighted by molar-refractivity contribution is 7.89. The van der Waals surface area contributed by atoms with E-state index in [0.29, 0.717) is 17.1 Å². The molecule has 2 rings (SSSR count). The highest BCUT2D eigenvalue weighted by Gasteiger charge is 2.10. The lowest BCUT2D eigenvalue weighted by Crippen LogP contribution is -2.12. The normalized spacial score (nSPS) is 11.5. The van der Waals surface area contributed by atoms with Crippen LogP contribution in [0.5, 0.6) is 5.75 Å². The van der Waals surface area contributed by atoms with Gasteiger partial charge in [0.1, 0.15) is 18.7 Å². The fourth-order valence-corrected chi connectivity index (χ4v) is 2.14. The molecule has 2 N–H and O–H groups in total. The summed E-state index contributed by atoms with van der Waals surface area (Å²) in [5.74, 6) is 1.25. The number of benzene rings is 1. The Labute approximate surface area is 111 Å². The third-order valence-corrected chi connectivity index (χ3v) is 3.55. The van der Waals surface area contributed by atoms with Gasteiger partial charge in [-0.1, -0.05) is 0 Å². The van der Waals surface area contributed by atoms with Crippen LogP contribution in [0.3, 0.4) is 0 Å². The average Bonchev–Trinajstić information content (AvgIpc) is 2.72. The highest BCUT2D eigenvalue weighted by atomic mass is 32.2. The first kappa shape index (κ1) is 13.5. The van der Waals surface area contributed by atoms with Crippen LogP contribution in [0.1, 0.15) is 11.4 Å². The molecule has 0 saturated heterocycles. The predicted molar refractivity (Wildman–Crippen MR) is 67.9 cm³/mol. The molecule has 102 valence electrons. The number of aryl methyl sites for hydroxylation is 2. The molecule has 1 aromatic carbocycles. The lowest BCUT2D eigenvalue weighted by atomic mass is 10.2. The molecule has 0 atom stereocenters. The zero-order valence-corrected chi connectivity index (χ0v) is 11.4. The van der Waals surface area contributed by atoms with Crippen LogP contribution >= 0.6 is 0 Å². The van der Waals surface area contributed by atoms with Gasteiger partial charge in [0, 0.05) is 7.05 Å². The van der Waals surface area contributed by atoms with Gasteiger partial charge in [-0.25, -0.2) is 13.6 Å². The van der Waals surface area contributed by atoms with Gasteiger partial charge in [-0.15, -0.1) is 10.2 Å². The minimum Gasteiger partial charge on any atom is -0.485 e. The molecular weight excluding hydrogens is 268 g/mol. The molecule has 0 aliphatic heterocycles. The summed E-state index contributed by atoms with van der Waals surface area (Å²) < 4.78 is 29.7. The summed E-state index contributed by atoms with van der Waals surface area (Å²) in [6, 6.07) is 4.46. The smallest absolute Gasteiger partial charge is 0.238 e. The van der Waals surface area contributed by atoms with Crippen molar-refractivity contribution in [2.45, 2.75) is 18.4 Å². The third kappa shape index (κ3) is 3.09. The van der Waals surface area contributed by atoms with Crippen molar-refractivity contribution >= 4 is 10.0 Å². The summed E-state index contributed by atoms with van der Waals surface area (Å²) in [5, 5.41) is 12.7. The number of ether oxygens (including phenoxy) is 1. The second-order valence-corrected chi connectivity index (χ2v) is 5.68. The lowest BCUT2D eigenvalue weighted by Gasteiger charge is -2.09. The molecule has 2 aromatic rings. The molecule has 0 radical (unpaired) electrons. The molecule has 0 aliphatic rings. The van der Waals surface area contributed by atoms with Gasteiger partial charge in [0.05, 0.1) is 4.90 Å². The number of primary sulfonamides is 1. The fraction of sp³-hybridized carbons (Fsp3) is 0.273. The van der Waals surface area contributed by atoms with Crippen molar-refractivity contribution in [3.8, 4) is 5.75 Å². The van der Waals surface area contributed by atoms with E-state index in [4.69, 9.17) is 9.88 Å². The van der Waals surface area contributed by atoms with Crippen molar-refractivity contribution < 1.29 is 13.2 Å². The largest absolute Gasteiger partial charge is 0.485 e. The van der Waals surface area contributed by atoms with E-state index in [-0.39, 0.29) is 11.5 Å². The van der Waals surface area contributed by atoms with Crippen molar-refractivity contribution in [2.75, 3.05) is 0 Å². The number of aromatic nitrogens is 3. The van der Waals surface area contributed by atoms with Crippen molar-refractivity contribution in [3.05, 3.63) is 35.9 Å². The Kier molecular flexibility index (Phi) is 3.54. The molecule has 0 saturated carbocycles. The second-order valence-electron chi connectivity index (χ2n) is 4.12. The first-order chi connectivity index (χ1) is 8.88. The quantitative estimate of drug-likeness (QED) is 0.872. The molecule has 7 nitrogen and oxygen atoms in total. The topological polar surface area (TPSA) is 100 Å². The molecule has 0 aliphatic carbocycles. The number of rotatable bonds is 4. The Morgan fingerprint density at radius 1 is 1.42 bits per heavy atom. The number of hydrogen-bond donors (Lipinski definition) is 1. The maximum Gasteiger partial charge on any atom is 0.238 e. The van der Waals surface area contributed by atoms with Crippen LogP contribution in [0.15, 0.2) is 29.4 Å². The highest BCUT2D eigenvalue weighted by Crippen LogP contribution is 2.21. The minimum atomic E-state index is -3.69. The van der Waals surface area contributed by atoms with E-state index in [2.05, 4.69) is 10.2 Å². The van der Waals surface area contributed by atoms with Gasteiger partial charge in [0.15, 0.2) is 5.82 Å². The molecule has 1 aromatic heterocycles. The number of nitrogens with two attached hydrogens (primary N) is 1. The van der Waals surface area contributed by atoms with E-state index in [9.17, 15) is 8.42 Å². The van der Waals surface area contributed by atoms with E-state index in [1.807, 2.05) is 7.05 Å². The number of sulfonamides is 1. The van der Waals surface area contributed by atoms with Gasteiger partial charge < -0.3 is 9.30 Å². The monoisotopic (exact) mass is 282 g/mol. The van der Waals surface area contributed by atoms with E-state index in [0.717, 1.165) is 0 Å². The van der Waals surface area contributed by atoms with E-state index >= 15 is 0 Å². The summed E-state index contributed by atoms with van der Waals surface area (Å²) in [4.78, 5) is 0.0657. The Morgan fingerprint density at radius 2 is 2.16 bits per heavy atom. The van der Waals surface area contributed by atoms with Crippen LogP contribution in [0.2, 0.25) is 0 Å². The van der Waals surface area contributed by atoms with E-state index < -0.39 is 10.0 Å². The van der Waals surface area contributed by atoms with Crippen molar-refractivity contribution in [1.82, 2.24) is 14.8 Å². The van der Waals surface area contributed by atoms with Gasteiger partial charge in [-0.2, -0.15) is 0 Å². The maximum absolute atomic E-state index is 11.2. The standard InChI is InChI=1S/C11H14N4O3S/c1-8-5-9(19(12,16)17)3-4-10(8)18-6-11-14-13-7-15(11)2/h3-5,7H,6H2,1-2H3,(H2,12,16,17). The molecule has 0 bridgehead atoms. The van der Waals surface area contributed by atoms with Crippen LogP contribution in [0.25, 0.3) is 0 Å². The molecule has 8 heteroatoms. The summed E-state index contributed by atoms with van der Waals surface area (Å²) in [6.07, 6.45) is 1.58. The Balaban J connectivity index is 2.16. The summed E-state index contributed by atoms with van der Waals surface area (Å²) in [6.45, 7) is 2.01. The Hall–Kier alpha value is -1.93. The summed E-state index contributed by atoms with van der Waals surface area (Å²) in [7, 11) is -1.87. The van der Waals surface area contributed by atoms with Crippen molar-refractivity contribution in [3.63, 3.8) is 0 Å². The molecule has 0 amide bonds. The van der Waals surface area contributed by atoms with Gasteiger partial charge in [-0.05, 0) is 30.7 Å². The maximum atomic E-state index is 11.2. The molecule has 1 heterocycles.